The van der Waals surface area contributed by atoms with Crippen molar-refractivity contribution in [1.82, 2.24) is 28.7 Å². The monoisotopic (exact) mass is 678 g/mol. The van der Waals surface area contributed by atoms with Gasteiger partial charge in [-0.2, -0.15) is 15.0 Å². The first kappa shape index (κ1) is 29.4. The molecule has 6 nitrogen and oxygen atoms in total. The number of nitrogens with zero attached hydrogens (tertiary/aromatic N) is 6. The van der Waals surface area contributed by atoms with Gasteiger partial charge >= 0.3 is 0 Å². The topological polar surface area (TPSA) is 53.5 Å². The average molecular weight is 679 g/mol. The summed E-state index contributed by atoms with van der Waals surface area (Å²) in [6, 6.07) is 61.5. The van der Waals surface area contributed by atoms with Gasteiger partial charge in [-0.25, -0.2) is 0 Å². The van der Waals surface area contributed by atoms with Crippen molar-refractivity contribution in [2.45, 2.75) is 0 Å². The SMILES string of the molecule is c1ccc(-c2ccc(-c3nc(-n4c5ccccc5c5ccccc54)nc(-n4c5ccccc5c5c6c(ccc54)ccn6-c4ccccc4)n3)cc2)cc1. The highest BCUT2D eigenvalue weighted by Gasteiger charge is 2.22. The summed E-state index contributed by atoms with van der Waals surface area (Å²) in [5, 5.41) is 5.76. The van der Waals surface area contributed by atoms with Gasteiger partial charge in [0.25, 0.3) is 0 Å². The molecule has 0 bridgehead atoms. The Hall–Kier alpha value is -7.31. The molecule has 0 aliphatic heterocycles. The first-order valence-electron chi connectivity index (χ1n) is 17.8. The zero-order valence-electron chi connectivity index (χ0n) is 28.5. The molecule has 4 aromatic heterocycles. The Morgan fingerprint density at radius 1 is 0.358 bits per heavy atom. The van der Waals surface area contributed by atoms with Gasteiger partial charge in [0.2, 0.25) is 11.9 Å². The van der Waals surface area contributed by atoms with Crippen LogP contribution >= 0.6 is 0 Å². The summed E-state index contributed by atoms with van der Waals surface area (Å²) in [5.41, 5.74) is 9.62. The number of hydrogen-bond donors (Lipinski definition) is 0. The molecule has 4 heterocycles. The Kier molecular flexibility index (Phi) is 6.45. The summed E-state index contributed by atoms with van der Waals surface area (Å²) in [7, 11) is 0. The zero-order valence-corrected chi connectivity index (χ0v) is 28.5. The van der Waals surface area contributed by atoms with E-state index in [2.05, 4.69) is 190 Å². The minimum atomic E-state index is 0.558. The summed E-state index contributed by atoms with van der Waals surface area (Å²) in [4.78, 5) is 15.9. The van der Waals surface area contributed by atoms with Crippen LogP contribution in [-0.4, -0.2) is 28.7 Å². The molecule has 11 rings (SSSR count). The van der Waals surface area contributed by atoms with Gasteiger partial charge in [-0.3, -0.25) is 9.13 Å². The average Bonchev–Trinajstić information content (AvgIpc) is 3.92. The van der Waals surface area contributed by atoms with E-state index in [1.54, 1.807) is 0 Å². The maximum Gasteiger partial charge on any atom is 0.240 e. The van der Waals surface area contributed by atoms with Crippen LogP contribution in [0.25, 0.3) is 94.6 Å². The van der Waals surface area contributed by atoms with Crippen LogP contribution < -0.4 is 0 Å². The van der Waals surface area contributed by atoms with Gasteiger partial charge in [0.05, 0.1) is 27.6 Å². The highest BCUT2D eigenvalue weighted by molar-refractivity contribution is 6.20. The van der Waals surface area contributed by atoms with Crippen LogP contribution in [0.3, 0.4) is 0 Å². The summed E-state index contributed by atoms with van der Waals surface area (Å²) >= 11 is 0. The van der Waals surface area contributed by atoms with Crippen LogP contribution in [0.4, 0.5) is 0 Å². The van der Waals surface area contributed by atoms with Gasteiger partial charge in [0.1, 0.15) is 0 Å². The van der Waals surface area contributed by atoms with E-state index in [9.17, 15) is 0 Å². The van der Waals surface area contributed by atoms with E-state index >= 15 is 0 Å². The lowest BCUT2D eigenvalue weighted by molar-refractivity contribution is 0.893. The molecule has 0 aliphatic rings. The highest BCUT2D eigenvalue weighted by Crippen LogP contribution is 2.39. The molecule has 11 aromatic rings. The minimum absolute atomic E-state index is 0.558. The molecule has 0 N–H and O–H groups in total. The van der Waals surface area contributed by atoms with E-state index in [1.807, 2.05) is 6.07 Å². The van der Waals surface area contributed by atoms with Crippen molar-refractivity contribution in [3.8, 4) is 40.1 Å². The fourth-order valence-electron chi connectivity index (χ4n) is 7.96. The van der Waals surface area contributed by atoms with Gasteiger partial charge in [0.15, 0.2) is 5.82 Å². The summed E-state index contributed by atoms with van der Waals surface area (Å²) in [6.07, 6.45) is 2.16. The molecule has 6 heteroatoms. The number of hydrogen-bond acceptors (Lipinski definition) is 3. The number of fused-ring (bicyclic) bond motifs is 8. The van der Waals surface area contributed by atoms with Crippen molar-refractivity contribution >= 4 is 54.5 Å². The predicted octanol–water partition coefficient (Wildman–Crippen LogP) is 11.3. The van der Waals surface area contributed by atoms with E-state index in [4.69, 9.17) is 15.0 Å². The van der Waals surface area contributed by atoms with E-state index in [-0.39, 0.29) is 0 Å². The fraction of sp³-hybridized carbons (Fsp3) is 0. The molecule has 7 aromatic carbocycles. The molecule has 0 radical (unpaired) electrons. The largest absolute Gasteiger partial charge is 0.316 e. The molecule has 0 saturated carbocycles. The summed E-state index contributed by atoms with van der Waals surface area (Å²) in [6.45, 7) is 0. The van der Waals surface area contributed by atoms with Gasteiger partial charge < -0.3 is 4.57 Å². The first-order chi connectivity index (χ1) is 26.3. The molecule has 0 amide bonds. The maximum absolute atomic E-state index is 5.35. The second kappa shape index (κ2) is 11.6. The Morgan fingerprint density at radius 3 is 1.53 bits per heavy atom. The number of aromatic nitrogens is 6. The molecule has 0 atom stereocenters. The van der Waals surface area contributed by atoms with Crippen LogP contribution in [0, 0.1) is 0 Å². The van der Waals surface area contributed by atoms with E-state index in [1.165, 1.54) is 10.9 Å². The van der Waals surface area contributed by atoms with Crippen LogP contribution in [0.2, 0.25) is 0 Å². The van der Waals surface area contributed by atoms with Gasteiger partial charge in [-0.05, 0) is 53.6 Å². The molecule has 0 aliphatic carbocycles. The Labute approximate surface area is 304 Å². The molecule has 53 heavy (non-hydrogen) atoms. The lowest BCUT2D eigenvalue weighted by atomic mass is 10.0. The molecule has 0 fully saturated rings. The van der Waals surface area contributed by atoms with E-state index < -0.39 is 0 Å². The second-order valence-electron chi connectivity index (χ2n) is 13.3. The van der Waals surface area contributed by atoms with Crippen molar-refractivity contribution in [2.24, 2.45) is 0 Å². The molecule has 0 saturated heterocycles. The standard InChI is InChI=1S/C47H30N6/c1-3-13-31(14-4-1)32-23-25-34(26-24-32)45-48-46(52-39-20-10-7-17-36(39)37-18-8-11-21-40(37)52)50-47(49-45)53-41-22-12-9-19-38(41)43-42(53)28-27-33-29-30-51(44(33)43)35-15-5-2-6-16-35/h1-30H. The minimum Gasteiger partial charge on any atom is -0.316 e. The third-order valence-electron chi connectivity index (χ3n) is 10.4. The van der Waals surface area contributed by atoms with Crippen LogP contribution in [0.15, 0.2) is 182 Å². The van der Waals surface area contributed by atoms with Crippen molar-refractivity contribution in [3.05, 3.63) is 182 Å². The first-order valence-corrected chi connectivity index (χ1v) is 17.8. The second-order valence-corrected chi connectivity index (χ2v) is 13.3. The molecule has 0 spiro atoms. The Bertz CT molecular complexity index is 3100. The lowest BCUT2D eigenvalue weighted by Crippen LogP contribution is -2.10. The molecular formula is C47H30N6. The zero-order chi connectivity index (χ0) is 34.9. The van der Waals surface area contributed by atoms with E-state index in [0.717, 1.165) is 65.9 Å². The van der Waals surface area contributed by atoms with Crippen molar-refractivity contribution in [2.75, 3.05) is 0 Å². The number of benzene rings is 7. The van der Waals surface area contributed by atoms with Crippen LogP contribution in [0.1, 0.15) is 0 Å². The maximum atomic E-state index is 5.35. The summed E-state index contributed by atoms with van der Waals surface area (Å²) in [5.74, 6) is 1.72. The molecule has 248 valence electrons. The molecule has 0 unspecified atom stereocenters. The predicted molar refractivity (Wildman–Crippen MR) is 216 cm³/mol. The number of rotatable bonds is 5. The van der Waals surface area contributed by atoms with Gasteiger partial charge in [-0.15, -0.1) is 0 Å². The quantitative estimate of drug-likeness (QED) is 0.182. The lowest BCUT2D eigenvalue weighted by Gasteiger charge is -2.13. The van der Waals surface area contributed by atoms with Crippen molar-refractivity contribution in [3.63, 3.8) is 0 Å². The van der Waals surface area contributed by atoms with Crippen molar-refractivity contribution in [1.29, 1.82) is 0 Å². The van der Waals surface area contributed by atoms with E-state index in [0.29, 0.717) is 17.7 Å². The number of para-hydroxylation sites is 4. The summed E-state index contributed by atoms with van der Waals surface area (Å²) < 4.78 is 6.66. The third-order valence-corrected chi connectivity index (χ3v) is 10.4. The Morgan fingerprint density at radius 2 is 0.868 bits per heavy atom. The smallest absolute Gasteiger partial charge is 0.240 e. The van der Waals surface area contributed by atoms with Gasteiger partial charge in [-0.1, -0.05) is 133 Å². The van der Waals surface area contributed by atoms with Crippen LogP contribution in [0.5, 0.6) is 0 Å². The highest BCUT2D eigenvalue weighted by atomic mass is 15.3. The third kappa shape index (κ3) is 4.56. The molecular weight excluding hydrogens is 649 g/mol. The van der Waals surface area contributed by atoms with Crippen LogP contribution in [-0.2, 0) is 0 Å². The fourth-order valence-corrected chi connectivity index (χ4v) is 7.96. The van der Waals surface area contributed by atoms with Gasteiger partial charge in [0, 0.05) is 44.4 Å². The Balaban J connectivity index is 1.21. The van der Waals surface area contributed by atoms with Crippen molar-refractivity contribution < 1.29 is 0 Å². The normalized spacial score (nSPS) is 11.8.